The Labute approximate surface area is 188 Å². The lowest BCUT2D eigenvalue weighted by molar-refractivity contribution is -0.118. The second kappa shape index (κ2) is 9.10. The molecule has 0 unspecified atom stereocenters. The monoisotopic (exact) mass is 426 g/mol. The molecule has 32 heavy (non-hydrogen) atoms. The summed E-state index contributed by atoms with van der Waals surface area (Å²) in [6.45, 7) is 5.93. The van der Waals surface area contributed by atoms with Gasteiger partial charge >= 0.3 is 0 Å². The molecule has 0 aliphatic rings. The number of rotatable bonds is 6. The number of benzene rings is 3. The highest BCUT2D eigenvalue weighted by Crippen LogP contribution is 2.31. The minimum Gasteiger partial charge on any atom is -0.497 e. The molecular formula is C27H26N2O3. The number of carbonyl (C=O) groups is 1. The molecule has 162 valence electrons. The van der Waals surface area contributed by atoms with Crippen LogP contribution in [0.1, 0.15) is 16.7 Å². The fourth-order valence-electron chi connectivity index (χ4n) is 3.89. The maximum Gasteiger partial charge on any atom is 0.262 e. The topological polar surface area (TPSA) is 60.5 Å². The molecule has 4 aromatic rings. The number of nitrogens with zero attached hydrogens (tertiary/aromatic N) is 1. The lowest BCUT2D eigenvalue weighted by Crippen LogP contribution is -2.21. The van der Waals surface area contributed by atoms with Gasteiger partial charge in [-0.3, -0.25) is 4.79 Å². The van der Waals surface area contributed by atoms with Gasteiger partial charge in [-0.05, 0) is 56.2 Å². The first-order valence-corrected chi connectivity index (χ1v) is 10.5. The molecule has 1 aromatic heterocycles. The second-order valence-corrected chi connectivity index (χ2v) is 7.87. The summed E-state index contributed by atoms with van der Waals surface area (Å²) in [7, 11) is 1.64. The number of anilines is 1. The first-order chi connectivity index (χ1) is 15.4. The predicted octanol–water partition coefficient (Wildman–Crippen LogP) is 5.85. The highest BCUT2D eigenvalue weighted by atomic mass is 16.5. The van der Waals surface area contributed by atoms with E-state index in [1.807, 2.05) is 75.4 Å². The number of hydrogen-bond donors (Lipinski definition) is 1. The second-order valence-electron chi connectivity index (χ2n) is 7.87. The van der Waals surface area contributed by atoms with Crippen molar-refractivity contribution in [1.29, 1.82) is 0 Å². The van der Waals surface area contributed by atoms with Crippen LogP contribution < -0.4 is 14.8 Å². The van der Waals surface area contributed by atoms with Crippen LogP contribution in [0.3, 0.4) is 0 Å². The summed E-state index contributed by atoms with van der Waals surface area (Å²) in [5.74, 6) is 1.16. The SMILES string of the molecule is COc1cccc(-c2cc(OCC(=O)Nc3c(C)cc(C)cc3C)c3ccccc3n2)c1. The van der Waals surface area contributed by atoms with Gasteiger partial charge in [-0.25, -0.2) is 4.98 Å². The van der Waals surface area contributed by atoms with E-state index >= 15 is 0 Å². The summed E-state index contributed by atoms with van der Waals surface area (Å²) >= 11 is 0. The van der Waals surface area contributed by atoms with E-state index in [0.717, 1.165) is 44.7 Å². The fourth-order valence-corrected chi connectivity index (χ4v) is 3.89. The van der Waals surface area contributed by atoms with Gasteiger partial charge in [0.1, 0.15) is 11.5 Å². The highest BCUT2D eigenvalue weighted by Gasteiger charge is 2.13. The number of ether oxygens (including phenoxy) is 2. The molecule has 4 rings (SSSR count). The summed E-state index contributed by atoms with van der Waals surface area (Å²) in [4.78, 5) is 17.5. The van der Waals surface area contributed by atoms with E-state index in [4.69, 9.17) is 14.5 Å². The van der Waals surface area contributed by atoms with Crippen LogP contribution in [0.5, 0.6) is 11.5 Å². The van der Waals surface area contributed by atoms with E-state index in [1.165, 1.54) is 5.56 Å². The molecule has 0 atom stereocenters. The molecule has 3 aromatic carbocycles. The normalized spacial score (nSPS) is 10.8. The van der Waals surface area contributed by atoms with Crippen molar-refractivity contribution in [2.75, 3.05) is 19.0 Å². The van der Waals surface area contributed by atoms with Crippen molar-refractivity contribution in [2.45, 2.75) is 20.8 Å². The Morgan fingerprint density at radius 1 is 0.938 bits per heavy atom. The van der Waals surface area contributed by atoms with Crippen LogP contribution in [0.25, 0.3) is 22.2 Å². The van der Waals surface area contributed by atoms with Crippen molar-refractivity contribution < 1.29 is 14.3 Å². The summed E-state index contributed by atoms with van der Waals surface area (Å²) in [6, 6.07) is 21.4. The Bertz CT molecular complexity index is 1270. The van der Waals surface area contributed by atoms with Crippen molar-refractivity contribution in [3.8, 4) is 22.8 Å². The quantitative estimate of drug-likeness (QED) is 0.420. The van der Waals surface area contributed by atoms with Crippen LogP contribution in [-0.2, 0) is 4.79 Å². The fraction of sp³-hybridized carbons (Fsp3) is 0.185. The molecule has 0 aliphatic heterocycles. The van der Waals surface area contributed by atoms with Crippen LogP contribution in [-0.4, -0.2) is 24.6 Å². The van der Waals surface area contributed by atoms with Crippen molar-refractivity contribution in [2.24, 2.45) is 0 Å². The summed E-state index contributed by atoms with van der Waals surface area (Å²) < 4.78 is 11.3. The molecule has 0 spiro atoms. The zero-order chi connectivity index (χ0) is 22.7. The van der Waals surface area contributed by atoms with E-state index in [0.29, 0.717) is 5.75 Å². The first-order valence-electron chi connectivity index (χ1n) is 10.5. The highest BCUT2D eigenvalue weighted by molar-refractivity contribution is 5.94. The van der Waals surface area contributed by atoms with Crippen molar-refractivity contribution in [1.82, 2.24) is 4.98 Å². The van der Waals surface area contributed by atoms with Gasteiger partial charge in [-0.1, -0.05) is 42.0 Å². The van der Waals surface area contributed by atoms with Gasteiger partial charge in [0, 0.05) is 22.7 Å². The number of pyridine rings is 1. The van der Waals surface area contributed by atoms with E-state index in [2.05, 4.69) is 17.4 Å². The number of amides is 1. The van der Waals surface area contributed by atoms with Crippen LogP contribution >= 0.6 is 0 Å². The van der Waals surface area contributed by atoms with Crippen LogP contribution in [0, 0.1) is 20.8 Å². The predicted molar refractivity (Wildman–Crippen MR) is 129 cm³/mol. The lowest BCUT2D eigenvalue weighted by Gasteiger charge is -2.14. The number of aryl methyl sites for hydroxylation is 3. The zero-order valence-corrected chi connectivity index (χ0v) is 18.7. The average molecular weight is 427 g/mol. The first kappa shape index (κ1) is 21.4. The third kappa shape index (κ3) is 4.57. The number of aromatic nitrogens is 1. The maximum absolute atomic E-state index is 12.7. The molecule has 0 bridgehead atoms. The van der Waals surface area contributed by atoms with Gasteiger partial charge in [-0.15, -0.1) is 0 Å². The van der Waals surface area contributed by atoms with E-state index in [1.54, 1.807) is 7.11 Å². The van der Waals surface area contributed by atoms with Gasteiger partial charge in [-0.2, -0.15) is 0 Å². The van der Waals surface area contributed by atoms with Gasteiger partial charge in [0.15, 0.2) is 6.61 Å². The van der Waals surface area contributed by atoms with Gasteiger partial charge in [0.05, 0.1) is 18.3 Å². The van der Waals surface area contributed by atoms with Crippen molar-refractivity contribution in [3.63, 3.8) is 0 Å². The largest absolute Gasteiger partial charge is 0.497 e. The average Bonchev–Trinajstić information content (AvgIpc) is 2.79. The Morgan fingerprint density at radius 3 is 2.44 bits per heavy atom. The minimum atomic E-state index is -0.205. The molecule has 1 heterocycles. The minimum absolute atomic E-state index is 0.0989. The van der Waals surface area contributed by atoms with Crippen LogP contribution in [0.4, 0.5) is 5.69 Å². The molecule has 5 heteroatoms. The summed E-state index contributed by atoms with van der Waals surface area (Å²) in [5.41, 5.74) is 6.53. The molecule has 0 saturated carbocycles. The van der Waals surface area contributed by atoms with Crippen LogP contribution in [0.15, 0.2) is 66.7 Å². The third-order valence-corrected chi connectivity index (χ3v) is 5.34. The van der Waals surface area contributed by atoms with Gasteiger partial charge in [0.25, 0.3) is 5.91 Å². The molecule has 0 aliphatic carbocycles. The van der Waals surface area contributed by atoms with E-state index in [-0.39, 0.29) is 12.5 Å². The number of para-hydroxylation sites is 1. The molecule has 1 amide bonds. The number of nitrogens with one attached hydrogen (secondary N) is 1. The Morgan fingerprint density at radius 2 is 1.69 bits per heavy atom. The number of methoxy groups -OCH3 is 1. The smallest absolute Gasteiger partial charge is 0.262 e. The van der Waals surface area contributed by atoms with Crippen molar-refractivity contribution in [3.05, 3.63) is 83.4 Å². The summed E-state index contributed by atoms with van der Waals surface area (Å²) in [5, 5.41) is 3.85. The zero-order valence-electron chi connectivity index (χ0n) is 18.7. The number of fused-ring (bicyclic) bond motifs is 1. The van der Waals surface area contributed by atoms with E-state index in [9.17, 15) is 4.79 Å². The molecular weight excluding hydrogens is 400 g/mol. The molecule has 5 nitrogen and oxygen atoms in total. The molecule has 0 radical (unpaired) electrons. The Balaban J connectivity index is 1.60. The Kier molecular flexibility index (Phi) is 6.08. The van der Waals surface area contributed by atoms with E-state index < -0.39 is 0 Å². The Hall–Kier alpha value is -3.86. The van der Waals surface area contributed by atoms with Gasteiger partial charge < -0.3 is 14.8 Å². The molecule has 1 N–H and O–H groups in total. The maximum atomic E-state index is 12.7. The molecule has 0 fully saturated rings. The van der Waals surface area contributed by atoms with Crippen LogP contribution in [0.2, 0.25) is 0 Å². The number of carbonyl (C=O) groups excluding carboxylic acids is 1. The number of hydrogen-bond acceptors (Lipinski definition) is 4. The standard InChI is InChI=1S/C27H26N2O3/c1-17-12-18(2)27(19(3)13-17)29-26(30)16-32-25-15-24(20-8-7-9-21(14-20)31-4)28-23-11-6-5-10-22(23)25/h5-15H,16H2,1-4H3,(H,29,30). The lowest BCUT2D eigenvalue weighted by atomic mass is 10.1. The third-order valence-electron chi connectivity index (χ3n) is 5.34. The molecule has 0 saturated heterocycles. The summed E-state index contributed by atoms with van der Waals surface area (Å²) in [6.07, 6.45) is 0. The van der Waals surface area contributed by atoms with Crippen molar-refractivity contribution >= 4 is 22.5 Å². The van der Waals surface area contributed by atoms with Gasteiger partial charge in [0.2, 0.25) is 0 Å².